The maximum absolute atomic E-state index is 13.9. The predicted octanol–water partition coefficient (Wildman–Crippen LogP) is 6.15. The monoisotopic (exact) mass is 569 g/mol. The molecule has 1 aliphatic rings. The summed E-state index contributed by atoms with van der Waals surface area (Å²) in [5.74, 6) is -0.706. The molecule has 0 unspecified atom stereocenters. The SMILES string of the molecule is O=C(Nc1ccc(S(=O)(=O)Nc2ccc(Cl)c(C(F)(F)F)c2)cc1)C1CCN(Cc2ccccc2F)CC1. The van der Waals surface area contributed by atoms with Crippen LogP contribution in [-0.4, -0.2) is 32.3 Å². The van der Waals surface area contributed by atoms with Gasteiger partial charge in [-0.25, -0.2) is 12.8 Å². The van der Waals surface area contributed by atoms with Gasteiger partial charge >= 0.3 is 6.18 Å². The summed E-state index contributed by atoms with van der Waals surface area (Å²) in [6, 6.07) is 14.6. The maximum Gasteiger partial charge on any atom is 0.417 e. The Morgan fingerprint density at radius 2 is 1.61 bits per heavy atom. The van der Waals surface area contributed by atoms with Crippen molar-refractivity contribution in [3.8, 4) is 0 Å². The lowest BCUT2D eigenvalue weighted by atomic mass is 9.95. The fourth-order valence-corrected chi connectivity index (χ4v) is 5.48. The van der Waals surface area contributed by atoms with Crippen LogP contribution >= 0.6 is 11.6 Å². The number of hydrogen-bond acceptors (Lipinski definition) is 4. The fourth-order valence-electron chi connectivity index (χ4n) is 4.20. The number of amides is 1. The van der Waals surface area contributed by atoms with E-state index in [0.717, 1.165) is 12.1 Å². The standard InChI is InChI=1S/C26H24ClF4N3O3S/c27-23-10-7-20(15-22(23)26(29,30)31)33-38(36,37)21-8-5-19(6-9-21)32-25(35)17-11-13-34(14-12-17)16-18-3-1-2-4-24(18)28/h1-10,15,17,33H,11-14,16H2,(H,32,35). The van der Waals surface area contributed by atoms with Crippen LogP contribution in [0.25, 0.3) is 0 Å². The Kier molecular flexibility index (Phi) is 8.29. The van der Waals surface area contributed by atoms with Gasteiger partial charge in [0.15, 0.2) is 0 Å². The lowest BCUT2D eigenvalue weighted by Crippen LogP contribution is -2.37. The summed E-state index contributed by atoms with van der Waals surface area (Å²) in [6.45, 7) is 1.74. The van der Waals surface area contributed by atoms with E-state index in [4.69, 9.17) is 11.6 Å². The summed E-state index contributed by atoms with van der Waals surface area (Å²) in [5.41, 5.74) is -0.457. The van der Waals surface area contributed by atoms with Crippen molar-refractivity contribution in [2.24, 2.45) is 5.92 Å². The van der Waals surface area contributed by atoms with E-state index in [9.17, 15) is 30.8 Å². The van der Waals surface area contributed by atoms with Gasteiger partial charge in [0, 0.05) is 29.4 Å². The predicted molar refractivity (Wildman–Crippen MR) is 137 cm³/mol. The van der Waals surface area contributed by atoms with Gasteiger partial charge in [-0.05, 0) is 74.5 Å². The fraction of sp³-hybridized carbons (Fsp3) is 0.269. The molecule has 1 heterocycles. The Balaban J connectivity index is 1.33. The first kappa shape index (κ1) is 27.9. The number of benzene rings is 3. The lowest BCUT2D eigenvalue weighted by molar-refractivity contribution is -0.137. The molecule has 6 nitrogen and oxygen atoms in total. The second-order valence-electron chi connectivity index (χ2n) is 8.95. The number of carbonyl (C=O) groups excluding carboxylic acids is 1. The molecule has 1 amide bonds. The van der Waals surface area contributed by atoms with E-state index in [1.54, 1.807) is 18.2 Å². The van der Waals surface area contributed by atoms with Gasteiger partial charge in [0.25, 0.3) is 10.0 Å². The van der Waals surface area contributed by atoms with E-state index >= 15 is 0 Å². The minimum atomic E-state index is -4.74. The van der Waals surface area contributed by atoms with Crippen LogP contribution in [0.2, 0.25) is 5.02 Å². The topological polar surface area (TPSA) is 78.5 Å². The number of sulfonamides is 1. The van der Waals surface area contributed by atoms with Gasteiger partial charge in [-0.2, -0.15) is 13.2 Å². The van der Waals surface area contributed by atoms with Crippen LogP contribution in [0.4, 0.5) is 28.9 Å². The number of anilines is 2. The van der Waals surface area contributed by atoms with Crippen LogP contribution in [-0.2, 0) is 27.5 Å². The summed E-state index contributed by atoms with van der Waals surface area (Å²) in [4.78, 5) is 14.6. The summed E-state index contributed by atoms with van der Waals surface area (Å²) < 4.78 is 80.6. The molecular weight excluding hydrogens is 546 g/mol. The second kappa shape index (κ2) is 11.3. The number of carbonyl (C=O) groups is 1. The van der Waals surface area contributed by atoms with Gasteiger partial charge in [-0.15, -0.1) is 0 Å². The molecule has 0 saturated carbocycles. The first-order chi connectivity index (χ1) is 17.9. The van der Waals surface area contributed by atoms with Gasteiger partial charge < -0.3 is 5.32 Å². The maximum atomic E-state index is 13.9. The molecule has 1 aliphatic heterocycles. The van der Waals surface area contributed by atoms with Crippen LogP contribution in [0.15, 0.2) is 71.6 Å². The third-order valence-corrected chi connectivity index (χ3v) is 7.99. The Hall–Kier alpha value is -3.15. The molecule has 12 heteroatoms. The largest absolute Gasteiger partial charge is 0.417 e. The second-order valence-corrected chi connectivity index (χ2v) is 11.0. The van der Waals surface area contributed by atoms with E-state index in [2.05, 4.69) is 14.9 Å². The molecule has 0 aromatic heterocycles. The first-order valence-electron chi connectivity index (χ1n) is 11.7. The van der Waals surface area contributed by atoms with Crippen LogP contribution in [0, 0.1) is 11.7 Å². The molecule has 0 radical (unpaired) electrons. The number of likely N-dealkylation sites (tertiary alicyclic amines) is 1. The average Bonchev–Trinajstić information content (AvgIpc) is 2.86. The molecule has 1 saturated heterocycles. The third-order valence-electron chi connectivity index (χ3n) is 6.27. The number of rotatable bonds is 7. The van der Waals surface area contributed by atoms with Crippen molar-refractivity contribution >= 4 is 38.9 Å². The zero-order valence-corrected chi connectivity index (χ0v) is 21.5. The van der Waals surface area contributed by atoms with Gasteiger partial charge in [0.2, 0.25) is 5.91 Å². The summed E-state index contributed by atoms with van der Waals surface area (Å²) in [7, 11) is -4.19. The highest BCUT2D eigenvalue weighted by molar-refractivity contribution is 7.92. The molecular formula is C26H24ClF4N3O3S. The smallest absolute Gasteiger partial charge is 0.326 e. The lowest BCUT2D eigenvalue weighted by Gasteiger charge is -2.31. The normalized spacial score (nSPS) is 15.3. The molecule has 2 N–H and O–H groups in total. The van der Waals surface area contributed by atoms with Crippen LogP contribution < -0.4 is 10.0 Å². The Bertz CT molecular complexity index is 1410. The molecule has 0 aliphatic carbocycles. The molecule has 38 heavy (non-hydrogen) atoms. The van der Waals surface area contributed by atoms with Crippen LogP contribution in [0.5, 0.6) is 0 Å². The zero-order valence-electron chi connectivity index (χ0n) is 19.9. The number of halogens is 5. The van der Waals surface area contributed by atoms with E-state index in [1.165, 1.54) is 30.3 Å². The average molecular weight is 570 g/mol. The Labute approximate surface area is 222 Å². The third kappa shape index (κ3) is 6.83. The first-order valence-corrected chi connectivity index (χ1v) is 13.5. The van der Waals surface area contributed by atoms with Crippen molar-refractivity contribution in [1.29, 1.82) is 0 Å². The van der Waals surface area contributed by atoms with Crippen molar-refractivity contribution in [2.45, 2.75) is 30.5 Å². The van der Waals surface area contributed by atoms with Crippen molar-refractivity contribution < 1.29 is 30.8 Å². The number of hydrogen-bond donors (Lipinski definition) is 2. The minimum absolute atomic E-state index is 0.194. The summed E-state index contributed by atoms with van der Waals surface area (Å²) in [6.07, 6.45) is -3.55. The van der Waals surface area contributed by atoms with Crippen molar-refractivity contribution in [3.05, 3.63) is 88.7 Å². The van der Waals surface area contributed by atoms with Gasteiger partial charge in [0.05, 0.1) is 15.5 Å². The Morgan fingerprint density at radius 3 is 2.24 bits per heavy atom. The van der Waals surface area contributed by atoms with Crippen LogP contribution in [0.1, 0.15) is 24.0 Å². The van der Waals surface area contributed by atoms with E-state index in [0.29, 0.717) is 49.8 Å². The molecule has 3 aromatic carbocycles. The van der Waals surface area contributed by atoms with Crippen molar-refractivity contribution in [3.63, 3.8) is 0 Å². The van der Waals surface area contributed by atoms with Crippen molar-refractivity contribution in [2.75, 3.05) is 23.1 Å². The Morgan fingerprint density at radius 1 is 0.974 bits per heavy atom. The molecule has 202 valence electrons. The molecule has 4 rings (SSSR count). The van der Waals surface area contributed by atoms with E-state index in [1.807, 2.05) is 0 Å². The van der Waals surface area contributed by atoms with Crippen molar-refractivity contribution in [1.82, 2.24) is 4.90 Å². The number of nitrogens with zero attached hydrogens (tertiary/aromatic N) is 1. The number of piperidine rings is 1. The number of nitrogens with one attached hydrogen (secondary N) is 2. The van der Waals surface area contributed by atoms with E-state index < -0.39 is 26.8 Å². The molecule has 0 atom stereocenters. The number of alkyl halides is 3. The highest BCUT2D eigenvalue weighted by Gasteiger charge is 2.33. The van der Waals surface area contributed by atoms with Gasteiger partial charge in [-0.1, -0.05) is 29.8 Å². The highest BCUT2D eigenvalue weighted by Crippen LogP contribution is 2.36. The van der Waals surface area contributed by atoms with E-state index in [-0.39, 0.29) is 28.2 Å². The molecule has 0 spiro atoms. The molecule has 1 fully saturated rings. The summed E-state index contributed by atoms with van der Waals surface area (Å²) >= 11 is 5.58. The van der Waals surface area contributed by atoms with Gasteiger partial charge in [-0.3, -0.25) is 14.4 Å². The van der Waals surface area contributed by atoms with Gasteiger partial charge in [0.1, 0.15) is 5.82 Å². The van der Waals surface area contributed by atoms with Crippen LogP contribution in [0.3, 0.4) is 0 Å². The minimum Gasteiger partial charge on any atom is -0.326 e. The summed E-state index contributed by atoms with van der Waals surface area (Å²) in [5, 5.41) is 2.23. The molecule has 3 aromatic rings. The molecule has 0 bridgehead atoms. The quantitative estimate of drug-likeness (QED) is 0.335. The zero-order chi connectivity index (χ0) is 27.5. The highest BCUT2D eigenvalue weighted by atomic mass is 35.5.